The lowest BCUT2D eigenvalue weighted by atomic mass is 10.2. The molecule has 1 aromatic carbocycles. The first-order valence-corrected chi connectivity index (χ1v) is 7.71. The number of rotatable bonds is 4. The SMILES string of the molecule is COC(=O)c1ccc(NN)c(S(=O)(=O)N2CCOCC2)c1. The summed E-state index contributed by atoms with van der Waals surface area (Å²) in [6.07, 6.45) is 0. The molecule has 116 valence electrons. The van der Waals surface area contributed by atoms with Gasteiger partial charge in [-0.15, -0.1) is 0 Å². The highest BCUT2D eigenvalue weighted by atomic mass is 32.2. The number of anilines is 1. The quantitative estimate of drug-likeness (QED) is 0.449. The van der Waals surface area contributed by atoms with E-state index in [0.29, 0.717) is 13.2 Å². The molecular weight excluding hydrogens is 298 g/mol. The summed E-state index contributed by atoms with van der Waals surface area (Å²) >= 11 is 0. The first-order chi connectivity index (χ1) is 10.0. The number of methoxy groups -OCH3 is 1. The third kappa shape index (κ3) is 3.16. The number of nitrogens with two attached hydrogens (primary N) is 1. The van der Waals surface area contributed by atoms with Crippen LogP contribution in [0.15, 0.2) is 23.1 Å². The molecule has 0 saturated carbocycles. The van der Waals surface area contributed by atoms with Gasteiger partial charge in [0.05, 0.1) is 31.6 Å². The summed E-state index contributed by atoms with van der Waals surface area (Å²) < 4.78 is 36.4. The fraction of sp³-hybridized carbons (Fsp3) is 0.417. The lowest BCUT2D eigenvalue weighted by Crippen LogP contribution is -2.41. The van der Waals surface area contributed by atoms with Crippen LogP contribution in [0.5, 0.6) is 0 Å². The Morgan fingerprint density at radius 3 is 2.62 bits per heavy atom. The molecule has 0 atom stereocenters. The molecule has 8 nitrogen and oxygen atoms in total. The summed E-state index contributed by atoms with van der Waals surface area (Å²) in [5.41, 5.74) is 2.69. The Hall–Kier alpha value is -1.68. The van der Waals surface area contributed by atoms with Crippen molar-refractivity contribution >= 4 is 21.7 Å². The van der Waals surface area contributed by atoms with Crippen molar-refractivity contribution in [2.75, 3.05) is 38.8 Å². The van der Waals surface area contributed by atoms with Gasteiger partial charge in [-0.1, -0.05) is 0 Å². The van der Waals surface area contributed by atoms with E-state index in [2.05, 4.69) is 10.2 Å². The van der Waals surface area contributed by atoms with E-state index in [9.17, 15) is 13.2 Å². The predicted molar refractivity (Wildman–Crippen MR) is 75.2 cm³/mol. The Morgan fingerprint density at radius 2 is 2.05 bits per heavy atom. The van der Waals surface area contributed by atoms with Crippen LogP contribution < -0.4 is 11.3 Å². The zero-order valence-corrected chi connectivity index (χ0v) is 12.4. The van der Waals surface area contributed by atoms with E-state index in [4.69, 9.17) is 10.6 Å². The number of hydrazine groups is 1. The summed E-state index contributed by atoms with van der Waals surface area (Å²) in [6.45, 7) is 1.19. The number of nitrogens with one attached hydrogen (secondary N) is 1. The van der Waals surface area contributed by atoms with Crippen LogP contribution in [0.4, 0.5) is 5.69 Å². The first-order valence-electron chi connectivity index (χ1n) is 6.27. The monoisotopic (exact) mass is 315 g/mol. The third-order valence-electron chi connectivity index (χ3n) is 3.15. The number of nitrogen functional groups attached to an aromatic ring is 1. The van der Waals surface area contributed by atoms with E-state index in [1.54, 1.807) is 0 Å². The van der Waals surface area contributed by atoms with Crippen molar-refractivity contribution in [3.8, 4) is 0 Å². The Labute approximate surface area is 122 Å². The van der Waals surface area contributed by atoms with Crippen molar-refractivity contribution in [3.63, 3.8) is 0 Å². The molecule has 3 N–H and O–H groups in total. The maximum atomic E-state index is 12.7. The Balaban J connectivity index is 2.46. The predicted octanol–water partition coefficient (Wildman–Crippen LogP) is -0.220. The summed E-state index contributed by atoms with van der Waals surface area (Å²) in [5.74, 6) is 4.75. The molecule has 21 heavy (non-hydrogen) atoms. The molecule has 1 heterocycles. The van der Waals surface area contributed by atoms with Gasteiger partial charge >= 0.3 is 5.97 Å². The number of benzene rings is 1. The molecule has 0 aliphatic carbocycles. The topological polar surface area (TPSA) is 111 Å². The lowest BCUT2D eigenvalue weighted by Gasteiger charge is -2.27. The standard InChI is InChI=1S/C12H17N3O5S/c1-19-12(16)9-2-3-10(14-13)11(8-9)21(17,18)15-4-6-20-7-5-15/h2-3,8,14H,4-7,13H2,1H3. The van der Waals surface area contributed by atoms with Crippen LogP contribution >= 0.6 is 0 Å². The highest BCUT2D eigenvalue weighted by Gasteiger charge is 2.29. The minimum atomic E-state index is -3.77. The average Bonchev–Trinajstić information content (AvgIpc) is 2.54. The number of morpholine rings is 1. The molecule has 0 unspecified atom stereocenters. The van der Waals surface area contributed by atoms with Crippen LogP contribution in [0.2, 0.25) is 0 Å². The average molecular weight is 315 g/mol. The van der Waals surface area contributed by atoms with Crippen molar-refractivity contribution in [3.05, 3.63) is 23.8 Å². The maximum absolute atomic E-state index is 12.7. The largest absolute Gasteiger partial charge is 0.465 e. The van der Waals surface area contributed by atoms with Gasteiger partial charge in [0.25, 0.3) is 0 Å². The second-order valence-electron chi connectivity index (χ2n) is 4.36. The molecule has 0 amide bonds. The summed E-state index contributed by atoms with van der Waals surface area (Å²) in [4.78, 5) is 11.5. The van der Waals surface area contributed by atoms with Gasteiger partial charge in [0.15, 0.2) is 0 Å². The van der Waals surface area contributed by atoms with E-state index in [-0.39, 0.29) is 29.2 Å². The van der Waals surface area contributed by atoms with Crippen molar-refractivity contribution < 1.29 is 22.7 Å². The van der Waals surface area contributed by atoms with E-state index >= 15 is 0 Å². The molecule has 0 spiro atoms. The molecular formula is C12H17N3O5S. The number of hydrogen-bond acceptors (Lipinski definition) is 7. The lowest BCUT2D eigenvalue weighted by molar-refractivity contribution is 0.0600. The van der Waals surface area contributed by atoms with E-state index in [0.717, 1.165) is 0 Å². The molecule has 0 bridgehead atoms. The van der Waals surface area contributed by atoms with Crippen molar-refractivity contribution in [1.82, 2.24) is 4.31 Å². The van der Waals surface area contributed by atoms with Gasteiger partial charge in [-0.25, -0.2) is 13.2 Å². The number of hydrogen-bond donors (Lipinski definition) is 2. The Morgan fingerprint density at radius 1 is 1.38 bits per heavy atom. The number of carbonyl (C=O) groups is 1. The van der Waals surface area contributed by atoms with Crippen LogP contribution in [0.3, 0.4) is 0 Å². The number of esters is 1. The summed E-state index contributed by atoms with van der Waals surface area (Å²) in [6, 6.07) is 4.13. The van der Waals surface area contributed by atoms with Gasteiger partial charge in [0.1, 0.15) is 4.90 Å². The molecule has 9 heteroatoms. The number of ether oxygens (including phenoxy) is 2. The normalized spacial score (nSPS) is 16.5. The van der Waals surface area contributed by atoms with Crippen LogP contribution in [0, 0.1) is 0 Å². The van der Waals surface area contributed by atoms with Crippen LogP contribution in [-0.4, -0.2) is 52.1 Å². The molecule has 1 saturated heterocycles. The third-order valence-corrected chi connectivity index (χ3v) is 5.08. The Kier molecular flexibility index (Phi) is 4.78. The van der Waals surface area contributed by atoms with Gasteiger partial charge < -0.3 is 14.9 Å². The van der Waals surface area contributed by atoms with Gasteiger partial charge in [-0.2, -0.15) is 4.31 Å². The molecule has 0 aromatic heterocycles. The van der Waals surface area contributed by atoms with Gasteiger partial charge in [0, 0.05) is 13.1 Å². The molecule has 1 aliphatic heterocycles. The van der Waals surface area contributed by atoms with Crippen molar-refractivity contribution in [2.45, 2.75) is 4.90 Å². The summed E-state index contributed by atoms with van der Waals surface area (Å²) in [7, 11) is -2.54. The number of sulfonamides is 1. The minimum Gasteiger partial charge on any atom is -0.465 e. The molecule has 1 aliphatic rings. The van der Waals surface area contributed by atoms with Gasteiger partial charge in [-0.05, 0) is 18.2 Å². The van der Waals surface area contributed by atoms with Crippen LogP contribution in [0.1, 0.15) is 10.4 Å². The van der Waals surface area contributed by atoms with Crippen LogP contribution in [0.25, 0.3) is 0 Å². The number of nitrogens with zero attached hydrogens (tertiary/aromatic N) is 1. The first kappa shape index (κ1) is 15.7. The smallest absolute Gasteiger partial charge is 0.337 e. The van der Waals surface area contributed by atoms with E-state index in [1.165, 1.54) is 29.6 Å². The maximum Gasteiger partial charge on any atom is 0.337 e. The van der Waals surface area contributed by atoms with Crippen LogP contribution in [-0.2, 0) is 19.5 Å². The van der Waals surface area contributed by atoms with E-state index in [1.807, 2.05) is 0 Å². The number of carbonyl (C=O) groups excluding carboxylic acids is 1. The van der Waals surface area contributed by atoms with Crippen molar-refractivity contribution in [1.29, 1.82) is 0 Å². The molecule has 1 aromatic rings. The second kappa shape index (κ2) is 6.39. The van der Waals surface area contributed by atoms with E-state index < -0.39 is 16.0 Å². The highest BCUT2D eigenvalue weighted by Crippen LogP contribution is 2.26. The Bertz CT molecular complexity index is 626. The zero-order valence-electron chi connectivity index (χ0n) is 11.5. The van der Waals surface area contributed by atoms with Gasteiger partial charge in [0.2, 0.25) is 10.0 Å². The fourth-order valence-corrected chi connectivity index (χ4v) is 3.61. The minimum absolute atomic E-state index is 0.0604. The molecule has 2 rings (SSSR count). The van der Waals surface area contributed by atoms with Gasteiger partial charge in [-0.3, -0.25) is 5.84 Å². The zero-order chi connectivity index (χ0) is 15.5. The van der Waals surface area contributed by atoms with Crippen molar-refractivity contribution in [2.24, 2.45) is 5.84 Å². The molecule has 1 fully saturated rings. The molecule has 0 radical (unpaired) electrons. The highest BCUT2D eigenvalue weighted by molar-refractivity contribution is 7.89. The second-order valence-corrected chi connectivity index (χ2v) is 6.27. The fourth-order valence-electron chi connectivity index (χ4n) is 2.03. The summed E-state index contributed by atoms with van der Waals surface area (Å²) in [5, 5.41) is 0.